The van der Waals surface area contributed by atoms with Crippen molar-refractivity contribution in [2.24, 2.45) is 0 Å². The van der Waals surface area contributed by atoms with Crippen molar-refractivity contribution in [2.45, 2.75) is 25.8 Å². The predicted octanol–water partition coefficient (Wildman–Crippen LogP) is 3.57. The molecule has 1 saturated heterocycles. The molecular weight excluding hydrogens is 344 g/mol. The number of nitrogens with one attached hydrogen (secondary N) is 1. The molecule has 27 heavy (non-hydrogen) atoms. The Hall–Kier alpha value is -3.00. The number of likely N-dealkylation sites (tertiary alicyclic amines) is 1. The maximum Gasteiger partial charge on any atom is 0.278 e. The molecule has 3 heterocycles. The number of anilines is 2. The Balaban J connectivity index is 1.49. The molecule has 0 bridgehead atoms. The van der Waals surface area contributed by atoms with Gasteiger partial charge in [-0.1, -0.05) is 6.42 Å². The fourth-order valence-corrected chi connectivity index (χ4v) is 3.55. The Bertz CT molecular complexity index is 948. The Morgan fingerprint density at radius 3 is 2.81 bits per heavy atom. The molecule has 1 aliphatic heterocycles. The lowest BCUT2D eigenvalue weighted by atomic mass is 10.1. The van der Waals surface area contributed by atoms with Gasteiger partial charge in [-0.2, -0.15) is 5.10 Å². The van der Waals surface area contributed by atoms with E-state index in [1.165, 1.54) is 38.4 Å². The molecule has 1 aliphatic rings. The summed E-state index contributed by atoms with van der Waals surface area (Å²) in [4.78, 5) is 17.6. The number of rotatable bonds is 6. The zero-order valence-corrected chi connectivity index (χ0v) is 15.0. The molecule has 0 spiro atoms. The van der Waals surface area contributed by atoms with Gasteiger partial charge in [-0.05, 0) is 44.1 Å². The van der Waals surface area contributed by atoms with Gasteiger partial charge < -0.3 is 10.2 Å². The molecular formula is C19H22N6O2. The zero-order chi connectivity index (χ0) is 18.6. The van der Waals surface area contributed by atoms with Crippen LogP contribution in [0.3, 0.4) is 0 Å². The molecule has 0 radical (unpaired) electrons. The summed E-state index contributed by atoms with van der Waals surface area (Å²) in [7, 11) is 0. The minimum absolute atomic E-state index is 0.0564. The molecule has 0 saturated carbocycles. The van der Waals surface area contributed by atoms with Gasteiger partial charge in [-0.25, -0.2) is 0 Å². The summed E-state index contributed by atoms with van der Waals surface area (Å²) in [6.07, 6.45) is 9.27. The van der Waals surface area contributed by atoms with E-state index < -0.39 is 0 Å². The van der Waals surface area contributed by atoms with Gasteiger partial charge in [0.2, 0.25) is 0 Å². The Kier molecular flexibility index (Phi) is 4.97. The Morgan fingerprint density at radius 1 is 1.15 bits per heavy atom. The van der Waals surface area contributed by atoms with Crippen LogP contribution in [0.2, 0.25) is 0 Å². The maximum absolute atomic E-state index is 11.2. The number of aromatic nitrogens is 3. The zero-order valence-electron chi connectivity index (χ0n) is 15.0. The SMILES string of the molecule is O=[N+]([O-])c1ccc(Nc2cnn(CCN3CCCCC3)c2)c2ncccc12. The molecule has 0 atom stereocenters. The van der Waals surface area contributed by atoms with Crippen LogP contribution in [-0.2, 0) is 6.54 Å². The van der Waals surface area contributed by atoms with Gasteiger partial charge >= 0.3 is 0 Å². The first-order valence-corrected chi connectivity index (χ1v) is 9.25. The number of hydrogen-bond donors (Lipinski definition) is 1. The average Bonchev–Trinajstić information content (AvgIpc) is 3.14. The fraction of sp³-hybridized carbons (Fsp3) is 0.368. The van der Waals surface area contributed by atoms with Gasteiger partial charge in [-0.15, -0.1) is 0 Å². The molecule has 1 N–H and O–H groups in total. The van der Waals surface area contributed by atoms with Gasteiger partial charge in [0.15, 0.2) is 0 Å². The van der Waals surface area contributed by atoms with Gasteiger partial charge in [0.25, 0.3) is 5.69 Å². The number of pyridine rings is 1. The largest absolute Gasteiger partial charge is 0.351 e. The van der Waals surface area contributed by atoms with Gasteiger partial charge in [0.1, 0.15) is 5.52 Å². The highest BCUT2D eigenvalue weighted by Crippen LogP contribution is 2.31. The number of nitro benzene ring substituents is 1. The smallest absolute Gasteiger partial charge is 0.278 e. The number of nitro groups is 1. The van der Waals surface area contributed by atoms with Crippen molar-refractivity contribution in [3.8, 4) is 0 Å². The summed E-state index contributed by atoms with van der Waals surface area (Å²) in [5, 5.41) is 19.5. The normalized spacial score (nSPS) is 15.1. The molecule has 0 aliphatic carbocycles. The second-order valence-electron chi connectivity index (χ2n) is 6.81. The van der Waals surface area contributed by atoms with Crippen molar-refractivity contribution in [1.29, 1.82) is 0 Å². The molecule has 1 fully saturated rings. The van der Waals surface area contributed by atoms with E-state index in [-0.39, 0.29) is 10.6 Å². The van der Waals surface area contributed by atoms with Crippen LogP contribution < -0.4 is 5.32 Å². The van der Waals surface area contributed by atoms with E-state index in [1.54, 1.807) is 30.6 Å². The lowest BCUT2D eigenvalue weighted by Crippen LogP contribution is -2.32. The summed E-state index contributed by atoms with van der Waals surface area (Å²) >= 11 is 0. The third-order valence-electron chi connectivity index (χ3n) is 4.95. The number of benzene rings is 1. The minimum atomic E-state index is -0.383. The summed E-state index contributed by atoms with van der Waals surface area (Å²) in [6.45, 7) is 4.20. The highest BCUT2D eigenvalue weighted by atomic mass is 16.6. The van der Waals surface area contributed by atoms with E-state index in [9.17, 15) is 10.1 Å². The molecule has 0 amide bonds. The standard InChI is InChI=1S/C19H22N6O2/c26-25(27)18-7-6-17(19-16(18)5-4-8-20-19)22-15-13-21-24(14-15)12-11-23-9-2-1-3-10-23/h4-8,13-14,22H,1-3,9-12H2. The second-order valence-corrected chi connectivity index (χ2v) is 6.81. The molecule has 0 unspecified atom stereocenters. The van der Waals surface area contributed by atoms with Crippen LogP contribution >= 0.6 is 0 Å². The molecule has 3 aromatic rings. The quantitative estimate of drug-likeness (QED) is 0.530. The number of hydrogen-bond acceptors (Lipinski definition) is 6. The highest BCUT2D eigenvalue weighted by Gasteiger charge is 2.15. The topological polar surface area (TPSA) is 89.1 Å². The fourth-order valence-electron chi connectivity index (χ4n) is 3.55. The summed E-state index contributed by atoms with van der Waals surface area (Å²) in [6, 6.07) is 6.62. The minimum Gasteiger partial charge on any atom is -0.351 e. The first-order chi connectivity index (χ1) is 13.2. The Labute approximate surface area is 157 Å². The highest BCUT2D eigenvalue weighted by molar-refractivity contribution is 5.97. The van der Waals surface area contributed by atoms with E-state index in [4.69, 9.17) is 0 Å². The van der Waals surface area contributed by atoms with Crippen LogP contribution in [0.25, 0.3) is 10.9 Å². The van der Waals surface area contributed by atoms with Crippen molar-refractivity contribution in [1.82, 2.24) is 19.7 Å². The summed E-state index contributed by atoms with van der Waals surface area (Å²) in [5.41, 5.74) is 2.20. The maximum atomic E-state index is 11.2. The third kappa shape index (κ3) is 3.90. The second kappa shape index (κ2) is 7.71. The molecule has 4 rings (SSSR count). The average molecular weight is 366 g/mol. The lowest BCUT2D eigenvalue weighted by Gasteiger charge is -2.26. The number of piperidine rings is 1. The van der Waals surface area contributed by atoms with Crippen LogP contribution in [0, 0.1) is 10.1 Å². The van der Waals surface area contributed by atoms with E-state index >= 15 is 0 Å². The monoisotopic (exact) mass is 366 g/mol. The number of nitrogens with zero attached hydrogens (tertiary/aromatic N) is 5. The summed E-state index contributed by atoms with van der Waals surface area (Å²) < 4.78 is 1.93. The third-order valence-corrected chi connectivity index (χ3v) is 4.95. The lowest BCUT2D eigenvalue weighted by molar-refractivity contribution is -0.383. The first-order valence-electron chi connectivity index (χ1n) is 9.25. The number of non-ortho nitro benzene ring substituents is 1. The van der Waals surface area contributed by atoms with E-state index in [1.807, 2.05) is 10.9 Å². The molecule has 8 heteroatoms. The van der Waals surface area contributed by atoms with Crippen molar-refractivity contribution >= 4 is 28.0 Å². The van der Waals surface area contributed by atoms with Crippen LogP contribution in [0.5, 0.6) is 0 Å². The van der Waals surface area contributed by atoms with Crippen molar-refractivity contribution < 1.29 is 4.92 Å². The van der Waals surface area contributed by atoms with Gasteiger partial charge in [0, 0.05) is 25.0 Å². The first kappa shape index (κ1) is 17.4. The number of fused-ring (bicyclic) bond motifs is 1. The Morgan fingerprint density at radius 2 is 2.00 bits per heavy atom. The summed E-state index contributed by atoms with van der Waals surface area (Å²) in [5.74, 6) is 0. The van der Waals surface area contributed by atoms with E-state index in [0.29, 0.717) is 10.9 Å². The van der Waals surface area contributed by atoms with Crippen LogP contribution in [-0.4, -0.2) is 44.2 Å². The van der Waals surface area contributed by atoms with Crippen LogP contribution in [0.15, 0.2) is 42.9 Å². The van der Waals surface area contributed by atoms with Crippen molar-refractivity contribution in [2.75, 3.05) is 25.0 Å². The van der Waals surface area contributed by atoms with Crippen molar-refractivity contribution in [3.05, 3.63) is 53.0 Å². The predicted molar refractivity (Wildman–Crippen MR) is 104 cm³/mol. The molecule has 8 nitrogen and oxygen atoms in total. The van der Waals surface area contributed by atoms with E-state index in [0.717, 1.165) is 24.5 Å². The van der Waals surface area contributed by atoms with Gasteiger partial charge in [-0.3, -0.25) is 19.8 Å². The van der Waals surface area contributed by atoms with Crippen LogP contribution in [0.4, 0.5) is 17.1 Å². The van der Waals surface area contributed by atoms with Crippen molar-refractivity contribution in [3.63, 3.8) is 0 Å². The van der Waals surface area contributed by atoms with E-state index in [2.05, 4.69) is 20.3 Å². The molecule has 1 aromatic carbocycles. The molecule has 140 valence electrons. The van der Waals surface area contributed by atoms with Crippen LogP contribution in [0.1, 0.15) is 19.3 Å². The van der Waals surface area contributed by atoms with Gasteiger partial charge in [0.05, 0.1) is 34.4 Å². The molecule has 2 aromatic heterocycles.